The molecule has 6 nitrogen and oxygen atoms in total. The maximum absolute atomic E-state index is 12.2. The predicted octanol–water partition coefficient (Wildman–Crippen LogP) is 4.19. The van der Waals surface area contributed by atoms with Gasteiger partial charge < -0.3 is 15.2 Å². The lowest BCUT2D eigenvalue weighted by Crippen LogP contribution is -2.40. The van der Waals surface area contributed by atoms with Crippen molar-refractivity contribution in [3.8, 4) is 11.4 Å². The molecule has 0 bridgehead atoms. The van der Waals surface area contributed by atoms with E-state index in [1.165, 1.54) is 0 Å². The quantitative estimate of drug-likeness (QED) is 0.710. The second kappa shape index (κ2) is 7.61. The summed E-state index contributed by atoms with van der Waals surface area (Å²) in [7, 11) is 0. The molecule has 0 saturated carbocycles. The van der Waals surface area contributed by atoms with Crippen LogP contribution in [0.3, 0.4) is 0 Å². The van der Waals surface area contributed by atoms with Crippen molar-refractivity contribution in [1.82, 2.24) is 15.5 Å². The van der Waals surface area contributed by atoms with Crippen molar-refractivity contribution >= 4 is 11.6 Å². The van der Waals surface area contributed by atoms with Gasteiger partial charge in [0.25, 0.3) is 5.91 Å². The molecule has 0 fully saturated rings. The molecule has 1 aromatic heterocycles. The number of nitrogens with zero attached hydrogens (tertiary/aromatic N) is 2. The third-order valence-corrected chi connectivity index (χ3v) is 3.93. The molecule has 140 valence electrons. The van der Waals surface area contributed by atoms with Gasteiger partial charge in [-0.25, -0.2) is 0 Å². The molecule has 0 atom stereocenters. The summed E-state index contributed by atoms with van der Waals surface area (Å²) in [6, 6.07) is 15.2. The minimum atomic E-state index is -0.263. The lowest BCUT2D eigenvalue weighted by atomic mass is 10.1. The van der Waals surface area contributed by atoms with Crippen molar-refractivity contribution in [3.63, 3.8) is 0 Å². The Morgan fingerprint density at radius 1 is 1.07 bits per heavy atom. The van der Waals surface area contributed by atoms with E-state index >= 15 is 0 Å². The normalized spacial score (nSPS) is 11.3. The van der Waals surface area contributed by atoms with Crippen LogP contribution < -0.4 is 10.6 Å². The van der Waals surface area contributed by atoms with Gasteiger partial charge in [0, 0.05) is 22.4 Å². The first-order chi connectivity index (χ1) is 12.8. The molecule has 6 heteroatoms. The standard InChI is InChI=1S/C21H24N4O2/c1-14-7-5-6-8-17(14)19-23-18(27-25-19)13-22-16-11-9-15(10-12-16)20(26)24-21(2,3)4/h5-12,22H,13H2,1-4H3,(H,24,26). The highest BCUT2D eigenvalue weighted by molar-refractivity contribution is 5.94. The Bertz CT molecular complexity index is 924. The molecule has 0 radical (unpaired) electrons. The summed E-state index contributed by atoms with van der Waals surface area (Å²) in [5, 5.41) is 10.2. The summed E-state index contributed by atoms with van der Waals surface area (Å²) < 4.78 is 5.32. The first kappa shape index (κ1) is 18.6. The molecular formula is C21H24N4O2. The van der Waals surface area contributed by atoms with Gasteiger partial charge in [-0.3, -0.25) is 4.79 Å². The largest absolute Gasteiger partial charge is 0.376 e. The number of hydrogen-bond donors (Lipinski definition) is 2. The van der Waals surface area contributed by atoms with Crippen molar-refractivity contribution in [2.75, 3.05) is 5.32 Å². The van der Waals surface area contributed by atoms with Gasteiger partial charge in [0.05, 0.1) is 6.54 Å². The topological polar surface area (TPSA) is 80.0 Å². The third kappa shape index (κ3) is 4.94. The first-order valence-electron chi connectivity index (χ1n) is 8.87. The minimum Gasteiger partial charge on any atom is -0.376 e. The van der Waals surface area contributed by atoms with Crippen LogP contribution in [0.25, 0.3) is 11.4 Å². The van der Waals surface area contributed by atoms with E-state index in [1.807, 2.05) is 64.1 Å². The summed E-state index contributed by atoms with van der Waals surface area (Å²) in [6.07, 6.45) is 0. The van der Waals surface area contributed by atoms with E-state index < -0.39 is 0 Å². The fourth-order valence-electron chi connectivity index (χ4n) is 2.59. The number of carbonyl (C=O) groups excluding carboxylic acids is 1. The highest BCUT2D eigenvalue weighted by atomic mass is 16.5. The number of aromatic nitrogens is 2. The molecule has 27 heavy (non-hydrogen) atoms. The Morgan fingerprint density at radius 3 is 2.44 bits per heavy atom. The Balaban J connectivity index is 1.61. The highest BCUT2D eigenvalue weighted by Gasteiger charge is 2.15. The third-order valence-electron chi connectivity index (χ3n) is 3.93. The molecule has 1 heterocycles. The van der Waals surface area contributed by atoms with Gasteiger partial charge in [-0.05, 0) is 57.5 Å². The van der Waals surface area contributed by atoms with Gasteiger partial charge in [0.1, 0.15) is 0 Å². The molecule has 3 aromatic rings. The number of rotatable bonds is 5. The fourth-order valence-corrected chi connectivity index (χ4v) is 2.59. The molecule has 0 aliphatic heterocycles. The fraction of sp³-hybridized carbons (Fsp3) is 0.286. The number of amides is 1. The van der Waals surface area contributed by atoms with Crippen LogP contribution in [0.5, 0.6) is 0 Å². The van der Waals surface area contributed by atoms with Crippen LogP contribution >= 0.6 is 0 Å². The van der Waals surface area contributed by atoms with E-state index in [9.17, 15) is 4.79 Å². The maximum Gasteiger partial charge on any atom is 0.251 e. The Labute approximate surface area is 159 Å². The van der Waals surface area contributed by atoms with Crippen LogP contribution in [0.4, 0.5) is 5.69 Å². The molecule has 0 saturated heterocycles. The maximum atomic E-state index is 12.2. The van der Waals surface area contributed by atoms with Crippen LogP contribution in [-0.4, -0.2) is 21.6 Å². The first-order valence-corrected chi connectivity index (χ1v) is 8.87. The number of carbonyl (C=O) groups is 1. The lowest BCUT2D eigenvalue weighted by molar-refractivity contribution is 0.0919. The van der Waals surface area contributed by atoms with Gasteiger partial charge >= 0.3 is 0 Å². The van der Waals surface area contributed by atoms with Crippen LogP contribution in [0.1, 0.15) is 42.6 Å². The molecule has 3 rings (SSSR count). The molecule has 0 aliphatic carbocycles. The Hall–Kier alpha value is -3.15. The second-order valence-electron chi connectivity index (χ2n) is 7.46. The lowest BCUT2D eigenvalue weighted by Gasteiger charge is -2.20. The van der Waals surface area contributed by atoms with Crippen LogP contribution in [0.2, 0.25) is 0 Å². The monoisotopic (exact) mass is 364 g/mol. The van der Waals surface area contributed by atoms with Crippen molar-refractivity contribution in [2.45, 2.75) is 39.8 Å². The SMILES string of the molecule is Cc1ccccc1-c1noc(CNc2ccc(C(=O)NC(C)(C)C)cc2)n1. The average molecular weight is 364 g/mol. The smallest absolute Gasteiger partial charge is 0.251 e. The van der Waals surface area contributed by atoms with Gasteiger partial charge in [-0.2, -0.15) is 4.98 Å². The van der Waals surface area contributed by atoms with Crippen LogP contribution in [0.15, 0.2) is 53.1 Å². The molecule has 0 spiro atoms. The van der Waals surface area contributed by atoms with Crippen molar-refractivity contribution < 1.29 is 9.32 Å². The molecule has 1 amide bonds. The summed E-state index contributed by atoms with van der Waals surface area (Å²) in [5.41, 5.74) is 3.29. The summed E-state index contributed by atoms with van der Waals surface area (Å²) >= 11 is 0. The zero-order chi connectivity index (χ0) is 19.4. The van der Waals surface area contributed by atoms with Gasteiger partial charge in [0.15, 0.2) is 0 Å². The van der Waals surface area contributed by atoms with Crippen LogP contribution in [0, 0.1) is 6.92 Å². The highest BCUT2D eigenvalue weighted by Crippen LogP contribution is 2.20. The van der Waals surface area contributed by atoms with E-state index in [0.717, 1.165) is 16.8 Å². The summed E-state index contributed by atoms with van der Waals surface area (Å²) in [6.45, 7) is 8.29. The van der Waals surface area contributed by atoms with Crippen molar-refractivity contribution in [1.29, 1.82) is 0 Å². The van der Waals surface area contributed by atoms with Gasteiger partial charge in [0.2, 0.25) is 11.7 Å². The second-order valence-corrected chi connectivity index (χ2v) is 7.46. The summed E-state index contributed by atoms with van der Waals surface area (Å²) in [5.74, 6) is 0.996. The number of hydrogen-bond acceptors (Lipinski definition) is 5. The van der Waals surface area contributed by atoms with E-state index in [4.69, 9.17) is 4.52 Å². The van der Waals surface area contributed by atoms with Crippen LogP contribution in [-0.2, 0) is 6.54 Å². The van der Waals surface area contributed by atoms with Crippen molar-refractivity contribution in [3.05, 3.63) is 65.5 Å². The van der Waals surface area contributed by atoms with E-state index in [0.29, 0.717) is 23.8 Å². The molecule has 2 aromatic carbocycles. The minimum absolute atomic E-state index is 0.0891. The molecule has 0 aliphatic rings. The zero-order valence-electron chi connectivity index (χ0n) is 16.0. The number of benzene rings is 2. The number of anilines is 1. The van der Waals surface area contributed by atoms with E-state index in [1.54, 1.807) is 12.1 Å². The van der Waals surface area contributed by atoms with E-state index in [2.05, 4.69) is 20.8 Å². The molecule has 2 N–H and O–H groups in total. The predicted molar refractivity (Wildman–Crippen MR) is 105 cm³/mol. The summed E-state index contributed by atoms with van der Waals surface area (Å²) in [4.78, 5) is 16.6. The zero-order valence-corrected chi connectivity index (χ0v) is 16.0. The van der Waals surface area contributed by atoms with E-state index in [-0.39, 0.29) is 11.4 Å². The Morgan fingerprint density at radius 2 is 1.78 bits per heavy atom. The average Bonchev–Trinajstić information content (AvgIpc) is 3.08. The van der Waals surface area contributed by atoms with Gasteiger partial charge in [-0.1, -0.05) is 29.4 Å². The Kier molecular flexibility index (Phi) is 5.26. The molecule has 0 unspecified atom stereocenters. The van der Waals surface area contributed by atoms with Crippen molar-refractivity contribution in [2.24, 2.45) is 0 Å². The van der Waals surface area contributed by atoms with Gasteiger partial charge in [-0.15, -0.1) is 0 Å². The number of nitrogens with one attached hydrogen (secondary N) is 2. The number of aryl methyl sites for hydroxylation is 1. The molecular weight excluding hydrogens is 340 g/mol.